The summed E-state index contributed by atoms with van der Waals surface area (Å²) in [6.45, 7) is 2.01. The van der Waals surface area contributed by atoms with Gasteiger partial charge in [-0.15, -0.1) is 0 Å². The van der Waals surface area contributed by atoms with Gasteiger partial charge in [-0.2, -0.15) is 0 Å². The summed E-state index contributed by atoms with van der Waals surface area (Å²) in [6.07, 6.45) is 0. The van der Waals surface area contributed by atoms with Crippen LogP contribution in [0, 0.1) is 6.92 Å². The van der Waals surface area contributed by atoms with E-state index in [1.54, 1.807) is 6.07 Å². The van der Waals surface area contributed by atoms with Crippen LogP contribution in [-0.2, 0) is 0 Å². The van der Waals surface area contributed by atoms with E-state index in [9.17, 15) is 0 Å². The van der Waals surface area contributed by atoms with E-state index in [-0.39, 0.29) is 0 Å². The Hall–Kier alpha value is -2.10. The molecule has 1 aromatic carbocycles. The van der Waals surface area contributed by atoms with Gasteiger partial charge in [0.25, 0.3) is 0 Å². The molecule has 1 heterocycles. The quantitative estimate of drug-likeness (QED) is 0.733. The maximum absolute atomic E-state index is 5.60. The smallest absolute Gasteiger partial charge is 0.163 e. The average molecular weight is 200 g/mol. The molecule has 15 heavy (non-hydrogen) atoms. The number of nitrogen functional groups attached to an aromatic ring is 2. The van der Waals surface area contributed by atoms with E-state index in [1.165, 1.54) is 0 Å². The van der Waals surface area contributed by atoms with E-state index in [0.29, 0.717) is 17.5 Å². The molecule has 0 amide bonds. The SMILES string of the molecule is Cc1cccc(-c2nc(N)cc(N)n2)c1. The Morgan fingerprint density at radius 2 is 1.67 bits per heavy atom. The summed E-state index contributed by atoms with van der Waals surface area (Å²) < 4.78 is 0. The van der Waals surface area contributed by atoms with Gasteiger partial charge in [0.05, 0.1) is 0 Å². The summed E-state index contributed by atoms with van der Waals surface area (Å²) in [7, 11) is 0. The second-order valence-corrected chi connectivity index (χ2v) is 3.41. The van der Waals surface area contributed by atoms with E-state index >= 15 is 0 Å². The fourth-order valence-electron chi connectivity index (χ4n) is 1.40. The van der Waals surface area contributed by atoms with E-state index in [2.05, 4.69) is 9.97 Å². The lowest BCUT2D eigenvalue weighted by molar-refractivity contribution is 1.19. The second kappa shape index (κ2) is 3.57. The lowest BCUT2D eigenvalue weighted by Crippen LogP contribution is -1.99. The number of aromatic nitrogens is 2. The monoisotopic (exact) mass is 200 g/mol. The minimum Gasteiger partial charge on any atom is -0.384 e. The first kappa shape index (κ1) is 9.45. The van der Waals surface area contributed by atoms with Crippen LogP contribution in [0.15, 0.2) is 30.3 Å². The zero-order valence-corrected chi connectivity index (χ0v) is 8.44. The Labute approximate surface area is 88.0 Å². The maximum atomic E-state index is 5.60. The number of aryl methyl sites for hydroxylation is 1. The molecule has 0 aliphatic rings. The number of nitrogens with two attached hydrogens (primary N) is 2. The molecule has 0 bridgehead atoms. The molecule has 1 aromatic heterocycles. The molecular weight excluding hydrogens is 188 g/mol. The molecule has 76 valence electrons. The molecule has 0 fully saturated rings. The summed E-state index contributed by atoms with van der Waals surface area (Å²) in [4.78, 5) is 8.26. The Bertz CT molecular complexity index is 473. The Kier molecular flexibility index (Phi) is 2.25. The van der Waals surface area contributed by atoms with Crippen LogP contribution in [0.25, 0.3) is 11.4 Å². The van der Waals surface area contributed by atoms with Gasteiger partial charge >= 0.3 is 0 Å². The lowest BCUT2D eigenvalue weighted by atomic mass is 10.1. The highest BCUT2D eigenvalue weighted by atomic mass is 15.0. The average Bonchev–Trinajstić information content (AvgIpc) is 2.16. The number of nitrogens with zero attached hydrogens (tertiary/aromatic N) is 2. The van der Waals surface area contributed by atoms with Gasteiger partial charge in [0.2, 0.25) is 0 Å². The van der Waals surface area contributed by atoms with Crippen LogP contribution in [0.3, 0.4) is 0 Å². The van der Waals surface area contributed by atoms with Crippen LogP contribution in [-0.4, -0.2) is 9.97 Å². The van der Waals surface area contributed by atoms with Crippen molar-refractivity contribution >= 4 is 11.6 Å². The van der Waals surface area contributed by atoms with Gasteiger partial charge < -0.3 is 11.5 Å². The van der Waals surface area contributed by atoms with Gasteiger partial charge in [-0.05, 0) is 13.0 Å². The Balaban J connectivity index is 2.54. The number of hydrogen-bond donors (Lipinski definition) is 2. The largest absolute Gasteiger partial charge is 0.384 e. The molecule has 0 aliphatic heterocycles. The zero-order chi connectivity index (χ0) is 10.8. The van der Waals surface area contributed by atoms with Crippen molar-refractivity contribution in [1.82, 2.24) is 9.97 Å². The lowest BCUT2D eigenvalue weighted by Gasteiger charge is -2.03. The van der Waals surface area contributed by atoms with Crippen molar-refractivity contribution in [3.8, 4) is 11.4 Å². The van der Waals surface area contributed by atoms with Crippen LogP contribution in [0.5, 0.6) is 0 Å². The molecule has 0 saturated carbocycles. The molecule has 2 rings (SSSR count). The summed E-state index contributed by atoms with van der Waals surface area (Å²) in [5, 5.41) is 0. The first-order valence-corrected chi connectivity index (χ1v) is 4.62. The van der Waals surface area contributed by atoms with Crippen molar-refractivity contribution in [2.75, 3.05) is 11.5 Å². The first-order valence-electron chi connectivity index (χ1n) is 4.62. The molecule has 4 nitrogen and oxygen atoms in total. The predicted octanol–water partition coefficient (Wildman–Crippen LogP) is 1.62. The summed E-state index contributed by atoms with van der Waals surface area (Å²) >= 11 is 0. The summed E-state index contributed by atoms with van der Waals surface area (Å²) in [6, 6.07) is 9.43. The molecule has 0 unspecified atom stereocenters. The van der Waals surface area contributed by atoms with Gasteiger partial charge in [-0.25, -0.2) is 9.97 Å². The summed E-state index contributed by atoms with van der Waals surface area (Å²) in [5.41, 5.74) is 13.3. The predicted molar refractivity (Wildman–Crippen MR) is 61.0 cm³/mol. The number of anilines is 2. The normalized spacial score (nSPS) is 10.2. The van der Waals surface area contributed by atoms with Crippen molar-refractivity contribution in [1.29, 1.82) is 0 Å². The zero-order valence-electron chi connectivity index (χ0n) is 8.44. The molecule has 0 spiro atoms. The molecule has 0 saturated heterocycles. The van der Waals surface area contributed by atoms with Crippen molar-refractivity contribution in [3.05, 3.63) is 35.9 Å². The second-order valence-electron chi connectivity index (χ2n) is 3.41. The van der Waals surface area contributed by atoms with Crippen LogP contribution in [0.4, 0.5) is 11.6 Å². The van der Waals surface area contributed by atoms with Crippen molar-refractivity contribution in [2.45, 2.75) is 6.92 Å². The highest BCUT2D eigenvalue weighted by molar-refractivity contribution is 5.60. The summed E-state index contributed by atoms with van der Waals surface area (Å²) in [5.74, 6) is 1.34. The van der Waals surface area contributed by atoms with E-state index in [1.807, 2.05) is 31.2 Å². The molecule has 0 aliphatic carbocycles. The topological polar surface area (TPSA) is 77.8 Å². The third-order valence-electron chi connectivity index (χ3n) is 2.04. The number of hydrogen-bond acceptors (Lipinski definition) is 4. The highest BCUT2D eigenvalue weighted by Crippen LogP contribution is 2.18. The fourth-order valence-corrected chi connectivity index (χ4v) is 1.40. The Morgan fingerprint density at radius 3 is 2.27 bits per heavy atom. The first-order chi connectivity index (χ1) is 7.15. The molecule has 4 N–H and O–H groups in total. The van der Waals surface area contributed by atoms with E-state index < -0.39 is 0 Å². The minimum absolute atomic E-state index is 0.388. The minimum atomic E-state index is 0.388. The highest BCUT2D eigenvalue weighted by Gasteiger charge is 2.03. The Morgan fingerprint density at radius 1 is 1.00 bits per heavy atom. The molecule has 0 radical (unpaired) electrons. The molecule has 0 atom stereocenters. The molecule has 4 heteroatoms. The van der Waals surface area contributed by atoms with E-state index in [4.69, 9.17) is 11.5 Å². The molecule has 2 aromatic rings. The fraction of sp³-hybridized carbons (Fsp3) is 0.0909. The standard InChI is InChI=1S/C11H12N4/c1-7-3-2-4-8(5-7)11-14-9(12)6-10(13)15-11/h2-6H,1H3,(H4,12,13,14,15). The van der Waals surface area contributed by atoms with Crippen LogP contribution in [0.1, 0.15) is 5.56 Å². The van der Waals surface area contributed by atoms with Gasteiger partial charge in [-0.3, -0.25) is 0 Å². The third kappa shape index (κ3) is 2.04. The van der Waals surface area contributed by atoms with Gasteiger partial charge in [0, 0.05) is 11.6 Å². The van der Waals surface area contributed by atoms with Crippen LogP contribution >= 0.6 is 0 Å². The van der Waals surface area contributed by atoms with Crippen molar-refractivity contribution < 1.29 is 0 Å². The van der Waals surface area contributed by atoms with Gasteiger partial charge in [-0.1, -0.05) is 23.8 Å². The number of benzene rings is 1. The van der Waals surface area contributed by atoms with Gasteiger partial charge in [0.15, 0.2) is 5.82 Å². The van der Waals surface area contributed by atoms with Gasteiger partial charge in [0.1, 0.15) is 11.6 Å². The number of rotatable bonds is 1. The van der Waals surface area contributed by atoms with Crippen LogP contribution < -0.4 is 11.5 Å². The van der Waals surface area contributed by atoms with Crippen molar-refractivity contribution in [2.24, 2.45) is 0 Å². The molecular formula is C11H12N4. The van der Waals surface area contributed by atoms with E-state index in [0.717, 1.165) is 11.1 Å². The van der Waals surface area contributed by atoms with Crippen molar-refractivity contribution in [3.63, 3.8) is 0 Å². The van der Waals surface area contributed by atoms with Crippen LogP contribution in [0.2, 0.25) is 0 Å². The maximum Gasteiger partial charge on any atom is 0.163 e. The third-order valence-corrected chi connectivity index (χ3v) is 2.04.